The van der Waals surface area contributed by atoms with E-state index in [-0.39, 0.29) is 12.0 Å². The van der Waals surface area contributed by atoms with Gasteiger partial charge in [-0.1, -0.05) is 29.6 Å². The van der Waals surface area contributed by atoms with Crippen LogP contribution >= 0.6 is 23.2 Å². The van der Waals surface area contributed by atoms with Crippen molar-refractivity contribution in [1.82, 2.24) is 5.32 Å². The number of ether oxygens (including phenoxy) is 2. The van der Waals surface area contributed by atoms with E-state index >= 15 is 0 Å². The first kappa shape index (κ1) is 16.1. The number of nitrogens with one attached hydrogen (secondary N) is 1. The number of amides is 1. The summed E-state index contributed by atoms with van der Waals surface area (Å²) in [6, 6.07) is 4.83. The molecule has 2 aliphatic rings. The van der Waals surface area contributed by atoms with Crippen molar-refractivity contribution in [2.45, 2.75) is 44.0 Å². The van der Waals surface area contributed by atoms with E-state index in [1.807, 2.05) is 0 Å². The van der Waals surface area contributed by atoms with Gasteiger partial charge in [0.2, 0.25) is 0 Å². The third-order valence-corrected chi connectivity index (χ3v) is 4.76. The predicted molar refractivity (Wildman–Crippen MR) is 85.4 cm³/mol. The lowest BCUT2D eigenvalue weighted by molar-refractivity contribution is -0.186. The normalized spacial score (nSPS) is 23.6. The van der Waals surface area contributed by atoms with E-state index in [9.17, 15) is 4.79 Å². The van der Waals surface area contributed by atoms with Crippen LogP contribution < -0.4 is 5.32 Å². The highest BCUT2D eigenvalue weighted by Gasteiger charge is 2.42. The molecule has 0 unspecified atom stereocenters. The predicted octanol–water partition coefficient (Wildman–Crippen LogP) is 3.80. The lowest BCUT2D eigenvalue weighted by atomic mass is 9.94. The van der Waals surface area contributed by atoms with Crippen molar-refractivity contribution in [3.8, 4) is 0 Å². The molecule has 1 amide bonds. The van der Waals surface area contributed by atoms with Crippen LogP contribution in [0.1, 0.15) is 42.5 Å². The summed E-state index contributed by atoms with van der Waals surface area (Å²) >= 11 is 11.9. The molecular weight excluding hydrogens is 325 g/mol. The Balaban J connectivity index is 1.54. The maximum Gasteiger partial charge on any atom is 0.252 e. The molecular formula is C16H19Cl2NO3. The van der Waals surface area contributed by atoms with Gasteiger partial charge in [-0.15, -0.1) is 0 Å². The van der Waals surface area contributed by atoms with E-state index < -0.39 is 5.79 Å². The summed E-state index contributed by atoms with van der Waals surface area (Å²) in [5, 5.41) is 3.71. The molecule has 1 aliphatic carbocycles. The Kier molecular flexibility index (Phi) is 4.93. The van der Waals surface area contributed by atoms with E-state index in [4.69, 9.17) is 32.7 Å². The second kappa shape index (κ2) is 6.75. The van der Waals surface area contributed by atoms with Crippen LogP contribution in [0, 0.1) is 0 Å². The van der Waals surface area contributed by atoms with E-state index in [0.29, 0.717) is 28.8 Å². The Bertz CT molecular complexity index is 558. The van der Waals surface area contributed by atoms with Crippen molar-refractivity contribution < 1.29 is 14.3 Å². The highest BCUT2D eigenvalue weighted by Crippen LogP contribution is 2.37. The minimum atomic E-state index is -0.415. The fourth-order valence-electron chi connectivity index (χ4n) is 3.04. The van der Waals surface area contributed by atoms with E-state index in [1.165, 1.54) is 6.42 Å². The Morgan fingerprint density at radius 1 is 1.27 bits per heavy atom. The van der Waals surface area contributed by atoms with Gasteiger partial charge < -0.3 is 14.8 Å². The maximum absolute atomic E-state index is 12.2. The first-order valence-corrected chi connectivity index (χ1v) is 8.39. The van der Waals surface area contributed by atoms with Gasteiger partial charge in [-0.05, 0) is 31.0 Å². The molecule has 0 aromatic heterocycles. The maximum atomic E-state index is 12.2. The van der Waals surface area contributed by atoms with Crippen LogP contribution in [-0.4, -0.2) is 30.9 Å². The zero-order chi connectivity index (χ0) is 15.6. The number of halogens is 2. The van der Waals surface area contributed by atoms with Crippen LogP contribution in [0.15, 0.2) is 18.2 Å². The zero-order valence-corrected chi connectivity index (χ0v) is 13.8. The van der Waals surface area contributed by atoms with Crippen molar-refractivity contribution in [1.29, 1.82) is 0 Å². The first-order valence-electron chi connectivity index (χ1n) is 7.63. The molecule has 1 N–H and O–H groups in total. The Hall–Kier alpha value is -0.810. The SMILES string of the molecule is O=C(NC[C@H]1COC2(CCCCC2)O1)c1cc(Cl)ccc1Cl. The van der Waals surface area contributed by atoms with Crippen LogP contribution in [0.5, 0.6) is 0 Å². The van der Waals surface area contributed by atoms with Gasteiger partial charge in [-0.25, -0.2) is 0 Å². The topological polar surface area (TPSA) is 47.6 Å². The molecule has 1 saturated heterocycles. The van der Waals surface area contributed by atoms with Crippen molar-refractivity contribution in [3.05, 3.63) is 33.8 Å². The van der Waals surface area contributed by atoms with Gasteiger partial charge >= 0.3 is 0 Å². The summed E-state index contributed by atoms with van der Waals surface area (Å²) in [6.45, 7) is 0.924. The number of benzene rings is 1. The summed E-state index contributed by atoms with van der Waals surface area (Å²) in [4.78, 5) is 12.2. The number of carbonyl (C=O) groups excluding carboxylic acids is 1. The number of carbonyl (C=O) groups is 1. The quantitative estimate of drug-likeness (QED) is 0.907. The van der Waals surface area contributed by atoms with Crippen LogP contribution in [0.3, 0.4) is 0 Å². The van der Waals surface area contributed by atoms with E-state index in [0.717, 1.165) is 25.7 Å². The molecule has 1 aliphatic heterocycles. The van der Waals surface area contributed by atoms with Gasteiger partial charge in [0, 0.05) is 24.4 Å². The summed E-state index contributed by atoms with van der Waals surface area (Å²) in [7, 11) is 0. The largest absolute Gasteiger partial charge is 0.349 e. The zero-order valence-electron chi connectivity index (χ0n) is 12.2. The van der Waals surface area contributed by atoms with E-state index in [1.54, 1.807) is 18.2 Å². The monoisotopic (exact) mass is 343 g/mol. The van der Waals surface area contributed by atoms with Crippen molar-refractivity contribution in [2.75, 3.05) is 13.2 Å². The summed E-state index contributed by atoms with van der Waals surface area (Å²) < 4.78 is 11.9. The molecule has 1 aromatic carbocycles. The molecule has 4 nitrogen and oxygen atoms in total. The lowest BCUT2D eigenvalue weighted by Crippen LogP contribution is -2.37. The molecule has 22 heavy (non-hydrogen) atoms. The van der Waals surface area contributed by atoms with Crippen molar-refractivity contribution in [3.63, 3.8) is 0 Å². The summed E-state index contributed by atoms with van der Waals surface area (Å²) in [5.74, 6) is -0.665. The second-order valence-electron chi connectivity index (χ2n) is 5.86. The van der Waals surface area contributed by atoms with Gasteiger partial charge in [0.1, 0.15) is 6.10 Å². The molecule has 1 heterocycles. The smallest absolute Gasteiger partial charge is 0.252 e. The molecule has 3 rings (SSSR count). The van der Waals surface area contributed by atoms with Crippen LogP contribution in [-0.2, 0) is 9.47 Å². The molecule has 1 spiro atoms. The standard InChI is InChI=1S/C16H19Cl2NO3/c17-11-4-5-14(18)13(8-11)15(20)19-9-12-10-21-16(22-12)6-2-1-3-7-16/h4-5,8,12H,1-3,6-7,9-10H2,(H,19,20)/t12-/m0/s1. The third-order valence-electron chi connectivity index (χ3n) is 4.19. The number of hydrogen-bond acceptors (Lipinski definition) is 3. The number of rotatable bonds is 3. The van der Waals surface area contributed by atoms with Crippen LogP contribution in [0.2, 0.25) is 10.0 Å². The Morgan fingerprint density at radius 3 is 2.82 bits per heavy atom. The van der Waals surface area contributed by atoms with Gasteiger partial charge in [-0.2, -0.15) is 0 Å². The van der Waals surface area contributed by atoms with Gasteiger partial charge in [0.25, 0.3) is 5.91 Å². The summed E-state index contributed by atoms with van der Waals surface area (Å²) in [6.07, 6.45) is 5.28. The second-order valence-corrected chi connectivity index (χ2v) is 6.70. The minimum Gasteiger partial charge on any atom is -0.349 e. The van der Waals surface area contributed by atoms with Gasteiger partial charge in [0.05, 0.1) is 17.2 Å². The molecule has 1 saturated carbocycles. The average Bonchev–Trinajstić information content (AvgIpc) is 2.91. The average molecular weight is 344 g/mol. The van der Waals surface area contributed by atoms with Crippen LogP contribution in [0.4, 0.5) is 0 Å². The Morgan fingerprint density at radius 2 is 2.05 bits per heavy atom. The van der Waals surface area contributed by atoms with Crippen molar-refractivity contribution in [2.24, 2.45) is 0 Å². The lowest BCUT2D eigenvalue weighted by Gasteiger charge is -2.31. The van der Waals surface area contributed by atoms with Gasteiger partial charge in [0.15, 0.2) is 5.79 Å². The number of hydrogen-bond donors (Lipinski definition) is 1. The molecule has 120 valence electrons. The molecule has 0 radical (unpaired) electrons. The minimum absolute atomic E-state index is 0.111. The fourth-order valence-corrected chi connectivity index (χ4v) is 3.42. The van der Waals surface area contributed by atoms with Crippen LogP contribution in [0.25, 0.3) is 0 Å². The highest BCUT2D eigenvalue weighted by molar-refractivity contribution is 6.35. The van der Waals surface area contributed by atoms with E-state index in [2.05, 4.69) is 5.32 Å². The third kappa shape index (κ3) is 3.57. The highest BCUT2D eigenvalue weighted by atomic mass is 35.5. The first-order chi connectivity index (χ1) is 10.6. The summed E-state index contributed by atoms with van der Waals surface area (Å²) in [5.41, 5.74) is 0.375. The molecule has 1 aromatic rings. The molecule has 2 fully saturated rings. The van der Waals surface area contributed by atoms with Crippen molar-refractivity contribution >= 4 is 29.1 Å². The fraction of sp³-hybridized carbons (Fsp3) is 0.562. The molecule has 1 atom stereocenters. The van der Waals surface area contributed by atoms with Gasteiger partial charge in [-0.3, -0.25) is 4.79 Å². The Labute approximate surface area is 140 Å². The molecule has 6 heteroatoms. The molecule has 0 bridgehead atoms.